The fraction of sp³-hybridized carbons (Fsp3) is 0.333. The lowest BCUT2D eigenvalue weighted by Gasteiger charge is -2.08. The van der Waals surface area contributed by atoms with E-state index in [0.29, 0.717) is 0 Å². The second-order valence-electron chi connectivity index (χ2n) is 9.35. The van der Waals surface area contributed by atoms with E-state index in [1.807, 2.05) is 0 Å². The Kier molecular flexibility index (Phi) is 2.79. The molecule has 0 N–H and O–H groups in total. The van der Waals surface area contributed by atoms with Gasteiger partial charge in [-0.05, 0) is 88.2 Å². The summed E-state index contributed by atoms with van der Waals surface area (Å²) in [5, 5.41) is 0. The van der Waals surface area contributed by atoms with Gasteiger partial charge in [0.25, 0.3) is 0 Å². The zero-order valence-corrected chi connectivity index (χ0v) is 15.5. The summed E-state index contributed by atoms with van der Waals surface area (Å²) in [7, 11) is 0. The second-order valence-corrected chi connectivity index (χ2v) is 9.35. The van der Waals surface area contributed by atoms with Crippen molar-refractivity contribution in [1.29, 1.82) is 0 Å². The molecule has 3 aromatic rings. The van der Waals surface area contributed by atoms with Gasteiger partial charge in [-0.3, -0.25) is 0 Å². The molecule has 7 aliphatic carbocycles. The third-order valence-electron chi connectivity index (χ3n) is 7.75. The van der Waals surface area contributed by atoms with Gasteiger partial charge in [0.2, 0.25) is 0 Å². The molecule has 0 heteroatoms. The third-order valence-corrected chi connectivity index (χ3v) is 7.75. The predicted octanol–water partition coefficient (Wildman–Crippen LogP) is 6.81. The molecule has 0 nitrogen and oxygen atoms in total. The summed E-state index contributed by atoms with van der Waals surface area (Å²) in [6.07, 6.45) is 3.96. The molecule has 0 amide bonds. The van der Waals surface area contributed by atoms with Crippen LogP contribution in [0.4, 0.5) is 0 Å². The van der Waals surface area contributed by atoms with Crippen molar-refractivity contribution in [2.75, 3.05) is 0 Å². The van der Waals surface area contributed by atoms with E-state index in [4.69, 9.17) is 0 Å². The summed E-state index contributed by atoms with van der Waals surface area (Å²) in [5.41, 5.74) is 9.24. The standard InChI is InChI=1S/C27H24/c1-2-17-4-3-16(1)22-13-24(22)18-5-7-20(8-6-18)26-15-27(26)21-11-9-19(10-12-21)25-14-23(17)25/h1-12,22-27H,13-15H2/t22-,23+,24+,25-,26-,27+. The average molecular weight is 348 g/mol. The highest BCUT2D eigenvalue weighted by Gasteiger charge is 2.43. The summed E-state index contributed by atoms with van der Waals surface area (Å²) in [5.74, 6) is 4.41. The molecule has 6 bridgehead atoms. The van der Waals surface area contributed by atoms with Gasteiger partial charge in [0, 0.05) is 0 Å². The molecule has 7 aliphatic rings. The molecular weight excluding hydrogens is 324 g/mol. The average Bonchev–Trinajstić information content (AvgIpc) is 3.61. The number of benzene rings is 3. The molecule has 0 unspecified atom stereocenters. The number of rotatable bonds is 0. The summed E-state index contributed by atoms with van der Waals surface area (Å²) in [6.45, 7) is 0. The molecule has 0 spiro atoms. The Labute approximate surface area is 161 Å². The van der Waals surface area contributed by atoms with Crippen molar-refractivity contribution >= 4 is 0 Å². The van der Waals surface area contributed by atoms with Gasteiger partial charge in [0.05, 0.1) is 0 Å². The molecule has 3 fully saturated rings. The lowest BCUT2D eigenvalue weighted by Crippen LogP contribution is -1.91. The van der Waals surface area contributed by atoms with Gasteiger partial charge in [-0.1, -0.05) is 72.8 Å². The number of fused-ring (bicyclic) bond motifs is 2. The van der Waals surface area contributed by atoms with Crippen molar-refractivity contribution in [2.24, 2.45) is 0 Å². The monoisotopic (exact) mass is 348 g/mol. The van der Waals surface area contributed by atoms with Crippen LogP contribution in [0.5, 0.6) is 0 Å². The van der Waals surface area contributed by atoms with Crippen LogP contribution in [-0.4, -0.2) is 0 Å². The molecule has 3 saturated carbocycles. The highest BCUT2D eigenvalue weighted by molar-refractivity contribution is 5.45. The highest BCUT2D eigenvalue weighted by Crippen LogP contribution is 2.59. The summed E-state index contributed by atoms with van der Waals surface area (Å²) >= 11 is 0. The van der Waals surface area contributed by atoms with Gasteiger partial charge in [-0.25, -0.2) is 0 Å². The molecule has 0 aromatic heterocycles. The van der Waals surface area contributed by atoms with Crippen LogP contribution in [-0.2, 0) is 0 Å². The first kappa shape index (κ1) is 14.7. The van der Waals surface area contributed by atoms with E-state index in [2.05, 4.69) is 72.8 Å². The lowest BCUT2D eigenvalue weighted by molar-refractivity contribution is 0.983. The van der Waals surface area contributed by atoms with Crippen molar-refractivity contribution < 1.29 is 0 Å². The Morgan fingerprint density at radius 2 is 0.444 bits per heavy atom. The second kappa shape index (κ2) is 5.13. The Morgan fingerprint density at radius 1 is 0.296 bits per heavy atom. The maximum Gasteiger partial charge on any atom is -0.00868 e. The molecule has 3 aromatic carbocycles. The van der Waals surface area contributed by atoms with Crippen LogP contribution in [0.2, 0.25) is 0 Å². The third kappa shape index (κ3) is 2.29. The van der Waals surface area contributed by atoms with Gasteiger partial charge in [-0.15, -0.1) is 0 Å². The van der Waals surface area contributed by atoms with Gasteiger partial charge in [0.15, 0.2) is 0 Å². The molecular formula is C27H24. The van der Waals surface area contributed by atoms with Gasteiger partial charge < -0.3 is 0 Å². The SMILES string of the molecule is c1cc2ccc1[C@H]1C[C@H]1c1ccc(cc1)[C@H]1C[C@H]1c1ccc(cc1)[C@H]1C[C@@H]21. The van der Waals surface area contributed by atoms with E-state index in [9.17, 15) is 0 Å². The van der Waals surface area contributed by atoms with E-state index >= 15 is 0 Å². The Balaban J connectivity index is 1.30. The van der Waals surface area contributed by atoms with Gasteiger partial charge in [0.1, 0.15) is 0 Å². The molecule has 0 aliphatic heterocycles. The first-order valence-electron chi connectivity index (χ1n) is 10.6. The first-order chi connectivity index (χ1) is 13.3. The minimum absolute atomic E-state index is 0.735. The van der Waals surface area contributed by atoms with Crippen LogP contribution in [0.3, 0.4) is 0 Å². The molecule has 10 rings (SSSR count). The van der Waals surface area contributed by atoms with Crippen LogP contribution in [0.15, 0.2) is 72.8 Å². The van der Waals surface area contributed by atoms with Crippen LogP contribution in [0.25, 0.3) is 0 Å². The Bertz CT molecular complexity index is 791. The summed E-state index contributed by atoms with van der Waals surface area (Å²) in [6, 6.07) is 28.9. The Hall–Kier alpha value is -2.34. The van der Waals surface area contributed by atoms with E-state index in [0.717, 1.165) is 35.5 Å². The van der Waals surface area contributed by atoms with Crippen molar-refractivity contribution in [3.8, 4) is 0 Å². The fourth-order valence-electron chi connectivity index (χ4n) is 5.77. The summed E-state index contributed by atoms with van der Waals surface area (Å²) in [4.78, 5) is 0. The molecule has 6 atom stereocenters. The molecule has 27 heavy (non-hydrogen) atoms. The fourth-order valence-corrected chi connectivity index (χ4v) is 5.77. The maximum atomic E-state index is 2.41. The van der Waals surface area contributed by atoms with Crippen LogP contribution in [0, 0.1) is 0 Å². The smallest absolute Gasteiger partial charge is 0.00868 e. The van der Waals surface area contributed by atoms with Gasteiger partial charge in [-0.2, -0.15) is 0 Å². The quantitative estimate of drug-likeness (QED) is 0.418. The van der Waals surface area contributed by atoms with Crippen molar-refractivity contribution in [3.05, 3.63) is 106 Å². The van der Waals surface area contributed by atoms with Gasteiger partial charge >= 0.3 is 0 Å². The molecule has 0 heterocycles. The van der Waals surface area contributed by atoms with Crippen molar-refractivity contribution in [1.82, 2.24) is 0 Å². The Morgan fingerprint density at radius 3 is 0.593 bits per heavy atom. The minimum Gasteiger partial charge on any atom is -0.0585 e. The predicted molar refractivity (Wildman–Crippen MR) is 110 cm³/mol. The largest absolute Gasteiger partial charge is 0.0585 e. The number of hydrogen-bond donors (Lipinski definition) is 0. The van der Waals surface area contributed by atoms with E-state index in [1.54, 1.807) is 0 Å². The topological polar surface area (TPSA) is 0 Å². The maximum absolute atomic E-state index is 2.41. The summed E-state index contributed by atoms with van der Waals surface area (Å²) < 4.78 is 0. The highest BCUT2D eigenvalue weighted by atomic mass is 14.5. The van der Waals surface area contributed by atoms with Crippen molar-refractivity contribution in [3.63, 3.8) is 0 Å². The number of hydrogen-bond acceptors (Lipinski definition) is 0. The van der Waals surface area contributed by atoms with Crippen LogP contribution < -0.4 is 0 Å². The minimum atomic E-state index is 0.735. The first-order valence-corrected chi connectivity index (χ1v) is 10.6. The van der Waals surface area contributed by atoms with Crippen molar-refractivity contribution in [2.45, 2.75) is 54.8 Å². The van der Waals surface area contributed by atoms with Crippen LogP contribution in [0.1, 0.15) is 88.2 Å². The molecule has 0 radical (unpaired) electrons. The lowest BCUT2D eigenvalue weighted by atomic mass is 9.97. The van der Waals surface area contributed by atoms with E-state index < -0.39 is 0 Å². The molecule has 132 valence electrons. The van der Waals surface area contributed by atoms with E-state index in [-0.39, 0.29) is 0 Å². The van der Waals surface area contributed by atoms with Crippen LogP contribution >= 0.6 is 0 Å². The molecule has 0 saturated heterocycles. The van der Waals surface area contributed by atoms with E-state index in [1.165, 1.54) is 52.6 Å². The zero-order valence-electron chi connectivity index (χ0n) is 15.5. The zero-order chi connectivity index (χ0) is 17.5. The normalized spacial score (nSPS) is 34.2.